The molecule has 0 unspecified atom stereocenters. The minimum atomic E-state index is -0.734. The Bertz CT molecular complexity index is 540. The molecule has 0 bridgehead atoms. The van der Waals surface area contributed by atoms with Gasteiger partial charge < -0.3 is 5.32 Å². The first kappa shape index (κ1) is 14.9. The molecule has 1 fully saturated rings. The predicted octanol–water partition coefficient (Wildman–Crippen LogP) is 3.99. The van der Waals surface area contributed by atoms with Crippen LogP contribution in [0.5, 0.6) is 0 Å². The first-order valence-electron chi connectivity index (χ1n) is 7.06. The Morgan fingerprint density at radius 2 is 1.95 bits per heavy atom. The van der Waals surface area contributed by atoms with Crippen LogP contribution in [-0.4, -0.2) is 11.4 Å². The Morgan fingerprint density at radius 3 is 2.50 bits per heavy atom. The molecule has 1 aliphatic carbocycles. The second-order valence-corrected chi connectivity index (χ2v) is 5.95. The summed E-state index contributed by atoms with van der Waals surface area (Å²) in [6.45, 7) is 1.93. The second-order valence-electron chi connectivity index (χ2n) is 5.55. The van der Waals surface area contributed by atoms with Gasteiger partial charge in [-0.2, -0.15) is 5.26 Å². The Hall–Kier alpha value is -1.53. The summed E-state index contributed by atoms with van der Waals surface area (Å²) in [5.41, 5.74) is 0.717. The van der Waals surface area contributed by atoms with E-state index in [1.54, 1.807) is 12.1 Å². The number of benzene rings is 1. The van der Waals surface area contributed by atoms with Gasteiger partial charge in [0.05, 0.1) is 16.7 Å². The molecule has 0 saturated heterocycles. The Balaban J connectivity index is 2.18. The van der Waals surface area contributed by atoms with Crippen LogP contribution in [0.2, 0.25) is 5.02 Å². The number of aryl methyl sites for hydroxylation is 1. The Labute approximate surface area is 124 Å². The van der Waals surface area contributed by atoms with Crippen molar-refractivity contribution in [3.63, 3.8) is 0 Å². The maximum absolute atomic E-state index is 12.4. The highest BCUT2D eigenvalue weighted by Crippen LogP contribution is 2.27. The van der Waals surface area contributed by atoms with Gasteiger partial charge in [0.2, 0.25) is 0 Å². The molecule has 1 saturated carbocycles. The van der Waals surface area contributed by atoms with Gasteiger partial charge in [-0.15, -0.1) is 0 Å². The third-order valence-electron chi connectivity index (χ3n) is 3.89. The van der Waals surface area contributed by atoms with Crippen LogP contribution in [0, 0.1) is 18.3 Å². The lowest BCUT2D eigenvalue weighted by Crippen LogP contribution is -2.47. The van der Waals surface area contributed by atoms with Gasteiger partial charge in [0.15, 0.2) is 0 Å². The predicted molar refractivity (Wildman–Crippen MR) is 79.7 cm³/mol. The molecule has 1 aromatic rings. The molecule has 0 atom stereocenters. The van der Waals surface area contributed by atoms with E-state index in [1.165, 1.54) is 0 Å². The quantitative estimate of drug-likeness (QED) is 0.837. The van der Waals surface area contributed by atoms with Crippen molar-refractivity contribution in [2.45, 2.75) is 51.0 Å². The maximum Gasteiger partial charge on any atom is 0.254 e. The lowest BCUT2D eigenvalue weighted by Gasteiger charge is -2.26. The van der Waals surface area contributed by atoms with E-state index in [0.717, 1.165) is 44.1 Å². The van der Waals surface area contributed by atoms with E-state index >= 15 is 0 Å². The summed E-state index contributed by atoms with van der Waals surface area (Å²) in [7, 11) is 0. The second kappa shape index (κ2) is 6.28. The van der Waals surface area contributed by atoms with E-state index in [2.05, 4.69) is 11.4 Å². The third-order valence-corrected chi connectivity index (χ3v) is 4.21. The fourth-order valence-electron chi connectivity index (χ4n) is 2.69. The highest BCUT2D eigenvalue weighted by atomic mass is 35.5. The molecule has 20 heavy (non-hydrogen) atoms. The van der Waals surface area contributed by atoms with Crippen molar-refractivity contribution < 1.29 is 4.79 Å². The van der Waals surface area contributed by atoms with Crippen LogP contribution in [0.1, 0.15) is 54.4 Å². The molecule has 106 valence electrons. The van der Waals surface area contributed by atoms with E-state index in [9.17, 15) is 10.1 Å². The van der Waals surface area contributed by atoms with Crippen LogP contribution in [0.25, 0.3) is 0 Å². The number of hydrogen-bond donors (Lipinski definition) is 1. The van der Waals surface area contributed by atoms with Crippen LogP contribution < -0.4 is 5.32 Å². The monoisotopic (exact) mass is 290 g/mol. The van der Waals surface area contributed by atoms with Gasteiger partial charge in [0.25, 0.3) is 5.91 Å². The van der Waals surface area contributed by atoms with E-state index in [4.69, 9.17) is 11.6 Å². The van der Waals surface area contributed by atoms with Crippen molar-refractivity contribution in [1.29, 1.82) is 5.26 Å². The van der Waals surface area contributed by atoms with E-state index in [1.807, 2.05) is 13.0 Å². The van der Waals surface area contributed by atoms with E-state index < -0.39 is 5.54 Å². The summed E-state index contributed by atoms with van der Waals surface area (Å²) in [5.74, 6) is -0.251. The first-order valence-corrected chi connectivity index (χ1v) is 7.44. The first-order chi connectivity index (χ1) is 9.56. The van der Waals surface area contributed by atoms with Crippen molar-refractivity contribution >= 4 is 17.5 Å². The zero-order valence-corrected chi connectivity index (χ0v) is 12.5. The zero-order chi connectivity index (χ0) is 14.6. The Kier molecular flexibility index (Phi) is 4.67. The zero-order valence-electron chi connectivity index (χ0n) is 11.7. The average molecular weight is 291 g/mol. The highest BCUT2D eigenvalue weighted by molar-refractivity contribution is 6.33. The maximum atomic E-state index is 12.4. The molecular formula is C16H19ClN2O. The van der Waals surface area contributed by atoms with Crippen LogP contribution in [0.3, 0.4) is 0 Å². The number of amides is 1. The van der Waals surface area contributed by atoms with Crippen molar-refractivity contribution in [3.05, 3.63) is 34.3 Å². The number of rotatable bonds is 2. The molecule has 2 rings (SSSR count). The molecule has 0 spiro atoms. The molecule has 0 aliphatic heterocycles. The van der Waals surface area contributed by atoms with Crippen molar-refractivity contribution in [2.75, 3.05) is 0 Å². The Morgan fingerprint density at radius 1 is 1.30 bits per heavy atom. The normalized spacial score (nSPS) is 17.9. The third kappa shape index (κ3) is 3.32. The smallest absolute Gasteiger partial charge is 0.254 e. The van der Waals surface area contributed by atoms with Gasteiger partial charge in [0.1, 0.15) is 5.54 Å². The SMILES string of the molecule is Cc1ccc(C(=O)NC2(C#N)CCCCCC2)c(Cl)c1. The molecule has 1 amide bonds. The van der Waals surface area contributed by atoms with Crippen LogP contribution in [0.15, 0.2) is 18.2 Å². The lowest BCUT2D eigenvalue weighted by atomic mass is 9.91. The molecule has 3 nitrogen and oxygen atoms in total. The number of carbonyl (C=O) groups excluding carboxylic acids is 1. The average Bonchev–Trinajstić information content (AvgIpc) is 2.64. The number of nitriles is 1. The van der Waals surface area contributed by atoms with Crippen molar-refractivity contribution in [3.8, 4) is 6.07 Å². The van der Waals surface area contributed by atoms with Gasteiger partial charge in [0, 0.05) is 0 Å². The van der Waals surface area contributed by atoms with Crippen LogP contribution >= 0.6 is 11.6 Å². The standard InChI is InChI=1S/C16H19ClN2O/c1-12-6-7-13(14(17)10-12)15(20)19-16(11-18)8-4-2-3-5-9-16/h6-7,10H,2-5,8-9H2,1H3,(H,19,20). The van der Waals surface area contributed by atoms with Crippen LogP contribution in [0.4, 0.5) is 0 Å². The van der Waals surface area contributed by atoms with E-state index in [-0.39, 0.29) is 5.91 Å². The van der Waals surface area contributed by atoms with Crippen LogP contribution in [-0.2, 0) is 0 Å². The van der Waals surface area contributed by atoms with Gasteiger partial charge in [-0.1, -0.05) is 43.4 Å². The number of halogens is 1. The van der Waals surface area contributed by atoms with Gasteiger partial charge in [-0.05, 0) is 37.5 Å². The number of nitrogens with zero attached hydrogens (tertiary/aromatic N) is 1. The molecule has 0 radical (unpaired) electrons. The fraction of sp³-hybridized carbons (Fsp3) is 0.500. The molecule has 1 N–H and O–H groups in total. The minimum absolute atomic E-state index is 0.251. The summed E-state index contributed by atoms with van der Waals surface area (Å²) < 4.78 is 0. The number of carbonyl (C=O) groups is 1. The molecular weight excluding hydrogens is 272 g/mol. The largest absolute Gasteiger partial charge is 0.334 e. The van der Waals surface area contributed by atoms with Gasteiger partial charge >= 0.3 is 0 Å². The fourth-order valence-corrected chi connectivity index (χ4v) is 3.01. The van der Waals surface area contributed by atoms with Gasteiger partial charge in [-0.3, -0.25) is 4.79 Å². The van der Waals surface area contributed by atoms with Crippen molar-refractivity contribution in [1.82, 2.24) is 5.32 Å². The summed E-state index contributed by atoms with van der Waals surface area (Å²) in [6.07, 6.45) is 5.66. The molecule has 0 aromatic heterocycles. The molecule has 1 aliphatic rings. The lowest BCUT2D eigenvalue weighted by molar-refractivity contribution is 0.0913. The molecule has 4 heteroatoms. The summed E-state index contributed by atoms with van der Waals surface area (Å²) in [6, 6.07) is 7.65. The van der Waals surface area contributed by atoms with Gasteiger partial charge in [-0.25, -0.2) is 0 Å². The highest BCUT2D eigenvalue weighted by Gasteiger charge is 2.33. The summed E-state index contributed by atoms with van der Waals surface area (Å²) in [5, 5.41) is 12.8. The summed E-state index contributed by atoms with van der Waals surface area (Å²) >= 11 is 6.12. The van der Waals surface area contributed by atoms with Crippen molar-refractivity contribution in [2.24, 2.45) is 0 Å². The topological polar surface area (TPSA) is 52.9 Å². The van der Waals surface area contributed by atoms with E-state index in [0.29, 0.717) is 10.6 Å². The molecule has 1 aromatic carbocycles. The summed E-state index contributed by atoms with van der Waals surface area (Å²) in [4.78, 5) is 12.4. The number of hydrogen-bond acceptors (Lipinski definition) is 2. The minimum Gasteiger partial charge on any atom is -0.334 e. The molecule has 0 heterocycles. The number of nitrogens with one attached hydrogen (secondary N) is 1.